The second-order valence-electron chi connectivity index (χ2n) is 7.89. The first-order valence-corrected chi connectivity index (χ1v) is 11.0. The SMILES string of the molecule is FC(F)(F)C(F)(F)O[Si](C(F)(F)F)(C(F)(F)F)C(F)(F)C(F)(F)C(F)(F)C(F)(F)C(F)(F)C(F)(F)C(F)(F)C(F)(F)C(F)(F)F. The highest BCUT2D eigenvalue weighted by Crippen LogP contribution is 2.68. The Morgan fingerprint density at radius 3 is 0.689 bits per heavy atom. The second-order valence-corrected chi connectivity index (χ2v) is 11.2. The van der Waals surface area contributed by atoms with Crippen LogP contribution in [0.15, 0.2) is 0 Å². The molecule has 0 radical (unpaired) electrons. The van der Waals surface area contributed by atoms with E-state index in [-0.39, 0.29) is 0 Å². The molecule has 0 aromatic carbocycles. The lowest BCUT2D eigenvalue weighted by atomic mass is 9.89. The summed E-state index contributed by atoms with van der Waals surface area (Å²) in [6.07, 6.45) is -25.1. The van der Waals surface area contributed by atoms with Gasteiger partial charge in [-0.1, -0.05) is 0 Å². The molecule has 0 aromatic heterocycles. The summed E-state index contributed by atoms with van der Waals surface area (Å²) in [5.74, 6) is -86.1. The standard InChI is InChI=1S/C13F30OSi/c14-1(15,2(16,17)4(20,21)6(24,25)8(28,29)30)3(18,19)5(22,23)7(26,27)11(36,37)45(12(38,39)40,13(41,42)43)44-10(34,35)9(31,32)33. The summed E-state index contributed by atoms with van der Waals surface area (Å²) in [5, 5.41) is 0. The summed E-state index contributed by atoms with van der Waals surface area (Å²) in [4.78, 5) is 0. The minimum atomic E-state index is -11.9. The third-order valence-corrected chi connectivity index (χ3v) is 8.33. The Hall–Kier alpha value is -1.92. The Bertz CT molecular complexity index is 1050. The first-order valence-electron chi connectivity index (χ1n) is 9.08. The summed E-state index contributed by atoms with van der Waals surface area (Å²) in [5.41, 5.74) is -9.98. The van der Waals surface area contributed by atoms with Gasteiger partial charge in [-0.15, -0.1) is 0 Å². The van der Waals surface area contributed by atoms with Crippen molar-refractivity contribution in [1.29, 1.82) is 0 Å². The van der Waals surface area contributed by atoms with Crippen LogP contribution in [0.4, 0.5) is 132 Å². The largest absolute Gasteiger partial charge is 0.518 e. The Kier molecular flexibility index (Phi) is 9.85. The molecule has 0 aliphatic carbocycles. The molecule has 0 spiro atoms. The van der Waals surface area contributed by atoms with Gasteiger partial charge in [0.15, 0.2) is 0 Å². The molecule has 0 bridgehead atoms. The van der Waals surface area contributed by atoms with Crippen molar-refractivity contribution in [3.05, 3.63) is 0 Å². The molecule has 0 rings (SSSR count). The van der Waals surface area contributed by atoms with Crippen LogP contribution in [0.25, 0.3) is 0 Å². The molecule has 45 heavy (non-hydrogen) atoms. The number of halogens is 30. The molecule has 0 unspecified atom stereocenters. The lowest BCUT2D eigenvalue weighted by molar-refractivity contribution is -0.467. The topological polar surface area (TPSA) is 9.23 Å². The fourth-order valence-electron chi connectivity index (χ4n) is 2.53. The van der Waals surface area contributed by atoms with E-state index in [0.717, 1.165) is 4.43 Å². The molecule has 0 fully saturated rings. The van der Waals surface area contributed by atoms with E-state index >= 15 is 0 Å². The molecule has 32 heteroatoms. The van der Waals surface area contributed by atoms with Crippen molar-refractivity contribution in [2.45, 2.75) is 77.1 Å². The van der Waals surface area contributed by atoms with Gasteiger partial charge in [0.25, 0.3) is 0 Å². The fourth-order valence-corrected chi connectivity index (χ4v) is 5.02. The first kappa shape index (κ1) is 43.1. The molecule has 0 atom stereocenters. The molecule has 0 amide bonds. The van der Waals surface area contributed by atoms with Crippen molar-refractivity contribution < 1.29 is 136 Å². The highest BCUT2D eigenvalue weighted by molar-refractivity contribution is 6.80. The van der Waals surface area contributed by atoms with E-state index in [2.05, 4.69) is 0 Å². The fraction of sp³-hybridized carbons (Fsp3) is 1.00. The van der Waals surface area contributed by atoms with Crippen LogP contribution in [-0.4, -0.2) is 85.4 Å². The van der Waals surface area contributed by atoms with Gasteiger partial charge in [-0.25, -0.2) is 8.78 Å². The molecule has 1 nitrogen and oxygen atoms in total. The van der Waals surface area contributed by atoms with E-state index in [1.54, 1.807) is 0 Å². The summed E-state index contributed by atoms with van der Waals surface area (Å²) in [6.45, 7) is 0. The molecule has 0 aromatic rings. The summed E-state index contributed by atoms with van der Waals surface area (Å²) in [6, 6.07) is 0. The van der Waals surface area contributed by atoms with E-state index in [9.17, 15) is 132 Å². The smallest absolute Gasteiger partial charge is 0.332 e. The Balaban J connectivity index is 7.98. The first-order chi connectivity index (χ1) is 18.7. The highest BCUT2D eigenvalue weighted by Gasteiger charge is 3.03. The molecular formula is C13F30OSi. The van der Waals surface area contributed by atoms with Crippen molar-refractivity contribution in [2.75, 3.05) is 0 Å². The second kappa shape index (κ2) is 10.3. The molecular weight excluding hydrogens is 770 g/mol. The van der Waals surface area contributed by atoms with Crippen LogP contribution >= 0.6 is 0 Å². The lowest BCUT2D eigenvalue weighted by Gasteiger charge is -2.47. The molecule has 0 saturated carbocycles. The van der Waals surface area contributed by atoms with E-state index in [4.69, 9.17) is 0 Å². The number of alkyl halides is 30. The van der Waals surface area contributed by atoms with E-state index in [1.165, 1.54) is 0 Å². The molecule has 0 N–H and O–H groups in total. The zero-order valence-corrected chi connectivity index (χ0v) is 19.7. The van der Waals surface area contributed by atoms with Gasteiger partial charge in [-0.05, 0) is 0 Å². The van der Waals surface area contributed by atoms with Crippen LogP contribution in [0.5, 0.6) is 0 Å². The van der Waals surface area contributed by atoms with E-state index in [1.807, 2.05) is 0 Å². The molecule has 0 saturated heterocycles. The van der Waals surface area contributed by atoms with Gasteiger partial charge in [0.2, 0.25) is 0 Å². The summed E-state index contributed by atoms with van der Waals surface area (Å²) < 4.78 is 393. The average molecular weight is 770 g/mol. The van der Waals surface area contributed by atoms with Crippen molar-refractivity contribution in [3.8, 4) is 0 Å². The Morgan fingerprint density at radius 1 is 0.267 bits per heavy atom. The monoisotopic (exact) mass is 770 g/mol. The van der Waals surface area contributed by atoms with Crippen LogP contribution in [0.2, 0.25) is 0 Å². The van der Waals surface area contributed by atoms with Crippen molar-refractivity contribution in [3.63, 3.8) is 0 Å². The van der Waals surface area contributed by atoms with Crippen molar-refractivity contribution in [1.82, 2.24) is 0 Å². The summed E-state index contributed by atoms with van der Waals surface area (Å²) in [7, 11) is -11.9. The predicted octanol–water partition coefficient (Wildman–Crippen LogP) is 9.49. The van der Waals surface area contributed by atoms with Gasteiger partial charge in [0.05, 0.1) is 0 Å². The van der Waals surface area contributed by atoms with Crippen LogP contribution in [-0.2, 0) is 4.43 Å². The van der Waals surface area contributed by atoms with Crippen molar-refractivity contribution >= 4 is 8.32 Å². The van der Waals surface area contributed by atoms with Crippen molar-refractivity contribution in [2.24, 2.45) is 0 Å². The Labute approximate surface area is 223 Å². The quantitative estimate of drug-likeness (QED) is 0.159. The van der Waals surface area contributed by atoms with E-state index in [0.29, 0.717) is 0 Å². The number of hydrogen-bond acceptors (Lipinski definition) is 1. The number of rotatable bonds is 10. The zero-order chi connectivity index (χ0) is 37.7. The maximum atomic E-state index is 14.1. The zero-order valence-electron chi connectivity index (χ0n) is 18.7. The molecule has 272 valence electrons. The average Bonchev–Trinajstić information content (AvgIpc) is 2.72. The third-order valence-electron chi connectivity index (χ3n) is 4.97. The predicted molar refractivity (Wildman–Crippen MR) is 75.6 cm³/mol. The summed E-state index contributed by atoms with van der Waals surface area (Å²) >= 11 is 0. The molecule has 0 aliphatic rings. The van der Waals surface area contributed by atoms with Gasteiger partial charge in [0.1, 0.15) is 0 Å². The maximum Gasteiger partial charge on any atom is 0.518 e. The van der Waals surface area contributed by atoms with Crippen LogP contribution in [0.3, 0.4) is 0 Å². The van der Waals surface area contributed by atoms with Crippen LogP contribution in [0.1, 0.15) is 0 Å². The van der Waals surface area contributed by atoms with Gasteiger partial charge in [0, 0.05) is 0 Å². The minimum Gasteiger partial charge on any atom is -0.332 e. The highest BCUT2D eigenvalue weighted by atomic mass is 28.4. The van der Waals surface area contributed by atoms with Crippen LogP contribution < -0.4 is 0 Å². The third kappa shape index (κ3) is 5.38. The maximum absolute atomic E-state index is 14.1. The van der Waals surface area contributed by atoms with Crippen LogP contribution in [0, 0.1) is 0 Å². The van der Waals surface area contributed by atoms with Gasteiger partial charge in [-0.2, -0.15) is 123 Å². The Morgan fingerprint density at radius 2 is 0.489 bits per heavy atom. The van der Waals surface area contributed by atoms with Gasteiger partial charge < -0.3 is 4.43 Å². The lowest BCUT2D eigenvalue weighted by Crippen LogP contribution is -2.85. The molecule has 0 heterocycles. The minimum absolute atomic E-state index is 0.810. The molecule has 0 aliphatic heterocycles. The van der Waals surface area contributed by atoms with Gasteiger partial charge >= 0.3 is 85.4 Å². The normalized spacial score (nSPS) is 17.2. The van der Waals surface area contributed by atoms with Gasteiger partial charge in [-0.3, -0.25) is 0 Å². The number of hydrogen-bond donors (Lipinski definition) is 0. The van der Waals surface area contributed by atoms with E-state index < -0.39 is 85.4 Å².